The topological polar surface area (TPSA) is 142 Å². The Balaban J connectivity index is 2.12. The number of carbonyl (C=O) groups excluding carboxylic acids is 1. The number of carbonyl (C=O) groups is 2. The van der Waals surface area contributed by atoms with Gasteiger partial charge in [-0.15, -0.1) is 0 Å². The monoisotopic (exact) mass is 512 g/mol. The Kier molecular flexibility index (Phi) is 8.33. The molecule has 0 radical (unpaired) electrons. The molecule has 9 nitrogen and oxygen atoms in total. The normalized spacial score (nSPS) is 12.0. The van der Waals surface area contributed by atoms with Crippen LogP contribution in [0.2, 0.25) is 0 Å². The van der Waals surface area contributed by atoms with Crippen molar-refractivity contribution in [3.63, 3.8) is 0 Å². The summed E-state index contributed by atoms with van der Waals surface area (Å²) in [4.78, 5) is 23.6. The summed E-state index contributed by atoms with van der Waals surface area (Å²) in [5.74, 6) is -1.16. The van der Waals surface area contributed by atoms with Gasteiger partial charge >= 0.3 is 5.97 Å². The zero-order valence-electron chi connectivity index (χ0n) is 20.1. The van der Waals surface area contributed by atoms with Crippen LogP contribution in [0.4, 0.5) is 5.69 Å². The molecule has 3 aromatic rings. The van der Waals surface area contributed by atoms with Crippen molar-refractivity contribution >= 4 is 27.6 Å². The molecule has 1 amide bonds. The zero-order chi connectivity index (χ0) is 26.5. The molecule has 0 aliphatic heterocycles. The smallest absolute Gasteiger partial charge is 0.307 e. The van der Waals surface area contributed by atoms with Crippen molar-refractivity contribution in [2.24, 2.45) is 0 Å². The standard InChI is InChI=1S/C26H28N2O7S/c1-4-27-26(32)18-8-11-20(22(15-18)28-36(33,34)19-9-5-16(2)6-10-19)25(31)21-13-17(14-24(29)30)7-12-23(21)35-3/h5-13,15,25,28,31H,4,14H2,1-3H3,(H,27,32)(H,29,30). The first kappa shape index (κ1) is 26.7. The minimum atomic E-state index is -4.06. The van der Waals surface area contributed by atoms with Gasteiger partial charge in [0.25, 0.3) is 15.9 Å². The summed E-state index contributed by atoms with van der Waals surface area (Å²) in [6.07, 6.45) is -1.67. The van der Waals surface area contributed by atoms with E-state index in [9.17, 15) is 23.1 Å². The Labute approximate surface area is 209 Å². The molecule has 0 fully saturated rings. The molecular formula is C26H28N2O7S. The summed E-state index contributed by atoms with van der Waals surface area (Å²) >= 11 is 0. The first-order chi connectivity index (χ1) is 17.1. The number of rotatable bonds is 10. The van der Waals surface area contributed by atoms with Crippen LogP contribution in [0.5, 0.6) is 5.75 Å². The lowest BCUT2D eigenvalue weighted by atomic mass is 9.95. The number of benzene rings is 3. The van der Waals surface area contributed by atoms with Gasteiger partial charge in [-0.25, -0.2) is 8.42 Å². The van der Waals surface area contributed by atoms with Gasteiger partial charge in [0.15, 0.2) is 0 Å². The first-order valence-corrected chi connectivity index (χ1v) is 12.6. The number of amides is 1. The highest BCUT2D eigenvalue weighted by Crippen LogP contribution is 2.36. The SMILES string of the molecule is CCNC(=O)c1ccc(C(O)c2cc(CC(=O)O)ccc2OC)c(NS(=O)(=O)c2ccc(C)cc2)c1. The van der Waals surface area contributed by atoms with Crippen LogP contribution in [0.15, 0.2) is 65.6 Å². The highest BCUT2D eigenvalue weighted by Gasteiger charge is 2.24. The number of sulfonamides is 1. The maximum atomic E-state index is 13.1. The molecule has 1 unspecified atom stereocenters. The van der Waals surface area contributed by atoms with E-state index in [1.165, 1.54) is 49.6 Å². The van der Waals surface area contributed by atoms with Gasteiger partial charge in [0.2, 0.25) is 0 Å². The number of methoxy groups -OCH3 is 1. The molecule has 190 valence electrons. The third-order valence-corrected chi connectivity index (χ3v) is 6.85. The number of carboxylic acids is 1. The number of aliphatic hydroxyl groups excluding tert-OH is 1. The molecule has 3 aromatic carbocycles. The Morgan fingerprint density at radius 1 is 1.00 bits per heavy atom. The van der Waals surface area contributed by atoms with Crippen molar-refractivity contribution in [3.8, 4) is 5.75 Å². The lowest BCUT2D eigenvalue weighted by molar-refractivity contribution is -0.136. The van der Waals surface area contributed by atoms with E-state index < -0.39 is 28.0 Å². The van der Waals surface area contributed by atoms with Crippen molar-refractivity contribution in [3.05, 3.63) is 88.5 Å². The average molecular weight is 513 g/mol. The Hall–Kier alpha value is -3.89. The number of hydrogen-bond donors (Lipinski definition) is 4. The summed E-state index contributed by atoms with van der Waals surface area (Å²) in [6.45, 7) is 3.97. The van der Waals surface area contributed by atoms with Crippen LogP contribution in [0, 0.1) is 6.92 Å². The second-order valence-electron chi connectivity index (χ2n) is 8.13. The quantitative estimate of drug-likeness (QED) is 0.327. The second kappa shape index (κ2) is 11.2. The number of hydrogen-bond acceptors (Lipinski definition) is 6. The molecule has 10 heteroatoms. The van der Waals surface area contributed by atoms with Crippen molar-refractivity contribution in [2.45, 2.75) is 31.3 Å². The van der Waals surface area contributed by atoms with Crippen LogP contribution in [0.1, 0.15) is 45.6 Å². The van der Waals surface area contributed by atoms with Crippen LogP contribution in [0.3, 0.4) is 0 Å². The zero-order valence-corrected chi connectivity index (χ0v) is 20.9. The van der Waals surface area contributed by atoms with E-state index in [1.807, 2.05) is 6.92 Å². The van der Waals surface area contributed by atoms with E-state index in [2.05, 4.69) is 10.0 Å². The van der Waals surface area contributed by atoms with E-state index in [0.29, 0.717) is 12.1 Å². The molecule has 0 bridgehead atoms. The van der Waals surface area contributed by atoms with Gasteiger partial charge in [-0.2, -0.15) is 0 Å². The average Bonchev–Trinajstić information content (AvgIpc) is 2.83. The number of nitrogens with one attached hydrogen (secondary N) is 2. The minimum absolute atomic E-state index is 0.00230. The molecule has 0 saturated heterocycles. The summed E-state index contributed by atoms with van der Waals surface area (Å²) in [7, 11) is -2.66. The van der Waals surface area contributed by atoms with E-state index in [4.69, 9.17) is 9.84 Å². The molecule has 0 aliphatic rings. The number of ether oxygens (including phenoxy) is 1. The fraction of sp³-hybridized carbons (Fsp3) is 0.231. The van der Waals surface area contributed by atoms with Crippen molar-refractivity contribution in [2.75, 3.05) is 18.4 Å². The van der Waals surface area contributed by atoms with Gasteiger partial charge in [-0.05, 0) is 55.8 Å². The maximum absolute atomic E-state index is 13.1. The van der Waals surface area contributed by atoms with E-state index in [1.54, 1.807) is 25.1 Å². The molecule has 0 heterocycles. The van der Waals surface area contributed by atoms with Gasteiger partial charge in [-0.3, -0.25) is 14.3 Å². The lowest BCUT2D eigenvalue weighted by Gasteiger charge is -2.21. The molecule has 36 heavy (non-hydrogen) atoms. The number of anilines is 1. The summed E-state index contributed by atoms with van der Waals surface area (Å²) in [5, 5.41) is 23.1. The number of aryl methyl sites for hydroxylation is 1. The van der Waals surface area contributed by atoms with Crippen molar-refractivity contribution < 1.29 is 33.0 Å². The molecule has 0 aromatic heterocycles. The number of carboxylic acid groups (broad SMARTS) is 1. The van der Waals surface area contributed by atoms with Crippen LogP contribution in [0.25, 0.3) is 0 Å². The van der Waals surface area contributed by atoms with Gasteiger partial charge in [0.1, 0.15) is 11.9 Å². The summed E-state index contributed by atoms with van der Waals surface area (Å²) in [6, 6.07) is 15.1. The highest BCUT2D eigenvalue weighted by atomic mass is 32.2. The van der Waals surface area contributed by atoms with Crippen LogP contribution in [-0.2, 0) is 21.2 Å². The van der Waals surface area contributed by atoms with Gasteiger partial charge < -0.3 is 20.3 Å². The molecule has 0 spiro atoms. The van der Waals surface area contributed by atoms with E-state index in [0.717, 1.165) is 5.56 Å². The van der Waals surface area contributed by atoms with Crippen molar-refractivity contribution in [1.82, 2.24) is 5.32 Å². The molecule has 3 rings (SSSR count). The van der Waals surface area contributed by atoms with Crippen LogP contribution < -0.4 is 14.8 Å². The fourth-order valence-electron chi connectivity index (χ4n) is 3.66. The Morgan fingerprint density at radius 2 is 1.69 bits per heavy atom. The van der Waals surface area contributed by atoms with E-state index >= 15 is 0 Å². The molecule has 1 atom stereocenters. The van der Waals surface area contributed by atoms with Crippen molar-refractivity contribution in [1.29, 1.82) is 0 Å². The Morgan fingerprint density at radius 3 is 2.31 bits per heavy atom. The maximum Gasteiger partial charge on any atom is 0.307 e. The predicted molar refractivity (Wildman–Crippen MR) is 135 cm³/mol. The first-order valence-electron chi connectivity index (χ1n) is 11.1. The summed E-state index contributed by atoms with van der Waals surface area (Å²) in [5.41, 5.74) is 1.91. The molecular weight excluding hydrogens is 484 g/mol. The van der Waals surface area contributed by atoms with Crippen LogP contribution >= 0.6 is 0 Å². The van der Waals surface area contributed by atoms with Gasteiger partial charge in [0, 0.05) is 23.2 Å². The number of aliphatic carboxylic acids is 1. The minimum Gasteiger partial charge on any atom is -0.496 e. The van der Waals surface area contributed by atoms with Gasteiger partial charge in [0.05, 0.1) is 24.1 Å². The van der Waals surface area contributed by atoms with Gasteiger partial charge in [-0.1, -0.05) is 29.8 Å². The fourth-order valence-corrected chi connectivity index (χ4v) is 4.74. The molecule has 0 saturated carbocycles. The molecule has 0 aliphatic carbocycles. The number of aliphatic hydroxyl groups is 1. The predicted octanol–water partition coefficient (Wildman–Crippen LogP) is 3.26. The Bertz CT molecular complexity index is 1370. The third-order valence-electron chi connectivity index (χ3n) is 5.47. The van der Waals surface area contributed by atoms with Crippen LogP contribution in [-0.4, -0.2) is 44.2 Å². The van der Waals surface area contributed by atoms with E-state index in [-0.39, 0.29) is 39.4 Å². The molecule has 4 N–H and O–H groups in total. The summed E-state index contributed by atoms with van der Waals surface area (Å²) < 4.78 is 34.1. The third kappa shape index (κ3) is 6.21. The second-order valence-corrected chi connectivity index (χ2v) is 9.81. The lowest BCUT2D eigenvalue weighted by Crippen LogP contribution is -2.23. The highest BCUT2D eigenvalue weighted by molar-refractivity contribution is 7.92. The largest absolute Gasteiger partial charge is 0.496 e.